The van der Waals surface area contributed by atoms with Crippen molar-refractivity contribution < 1.29 is 0 Å². The fourth-order valence-corrected chi connectivity index (χ4v) is 2.52. The van der Waals surface area contributed by atoms with Crippen molar-refractivity contribution in [2.24, 2.45) is 0 Å². The van der Waals surface area contributed by atoms with Crippen LogP contribution in [0.3, 0.4) is 0 Å². The van der Waals surface area contributed by atoms with Gasteiger partial charge in [-0.1, -0.05) is 174 Å². The monoisotopic (exact) mass is 489 g/mol. The SMILES string of the molecule is CC.CC.CC.CC.CC.CC.c1ccc(-c2nc(-c3ccccc3)nc(-c3ccccc3)n2)cc1. The molecular weight excluding hydrogens is 438 g/mol. The first-order valence-electron chi connectivity index (χ1n) is 13.8. The lowest BCUT2D eigenvalue weighted by Crippen LogP contribution is -1.99. The van der Waals surface area contributed by atoms with Gasteiger partial charge in [-0.15, -0.1) is 0 Å². The molecule has 0 bridgehead atoms. The van der Waals surface area contributed by atoms with Crippen LogP contribution in [-0.4, -0.2) is 15.0 Å². The molecule has 0 saturated heterocycles. The molecule has 198 valence electrons. The summed E-state index contributed by atoms with van der Waals surface area (Å²) in [4.78, 5) is 14.0. The lowest BCUT2D eigenvalue weighted by molar-refractivity contribution is 1.07. The molecule has 0 aliphatic rings. The van der Waals surface area contributed by atoms with Crippen molar-refractivity contribution in [3.8, 4) is 34.2 Å². The topological polar surface area (TPSA) is 38.7 Å². The van der Waals surface area contributed by atoms with Gasteiger partial charge in [0.25, 0.3) is 0 Å². The van der Waals surface area contributed by atoms with Gasteiger partial charge >= 0.3 is 0 Å². The molecule has 4 aromatic rings. The maximum atomic E-state index is 4.68. The van der Waals surface area contributed by atoms with Gasteiger partial charge in [-0.25, -0.2) is 15.0 Å². The van der Waals surface area contributed by atoms with E-state index in [0.29, 0.717) is 17.5 Å². The number of aromatic nitrogens is 3. The molecule has 4 rings (SSSR count). The molecule has 0 saturated carbocycles. The highest BCUT2D eigenvalue weighted by molar-refractivity contribution is 5.66. The minimum Gasteiger partial charge on any atom is -0.208 e. The lowest BCUT2D eigenvalue weighted by Gasteiger charge is -2.08. The van der Waals surface area contributed by atoms with Gasteiger partial charge in [0, 0.05) is 16.7 Å². The van der Waals surface area contributed by atoms with Gasteiger partial charge in [-0.2, -0.15) is 0 Å². The van der Waals surface area contributed by atoms with Crippen LogP contribution in [0.4, 0.5) is 0 Å². The quantitative estimate of drug-likeness (QED) is 0.287. The Hall–Kier alpha value is -3.33. The fraction of sp³-hybridized carbons (Fsp3) is 0.364. The molecular formula is C33H51N3. The molecule has 1 aromatic heterocycles. The van der Waals surface area contributed by atoms with Crippen molar-refractivity contribution in [3.63, 3.8) is 0 Å². The van der Waals surface area contributed by atoms with Gasteiger partial charge in [0.05, 0.1) is 0 Å². The Kier molecular flexibility index (Phi) is 28.9. The van der Waals surface area contributed by atoms with Crippen LogP contribution in [0, 0.1) is 0 Å². The van der Waals surface area contributed by atoms with E-state index in [1.54, 1.807) is 0 Å². The van der Waals surface area contributed by atoms with E-state index in [1.165, 1.54) is 0 Å². The number of hydrogen-bond donors (Lipinski definition) is 0. The molecule has 1 heterocycles. The molecule has 0 unspecified atom stereocenters. The summed E-state index contributed by atoms with van der Waals surface area (Å²) >= 11 is 0. The Labute approximate surface area is 223 Å². The summed E-state index contributed by atoms with van der Waals surface area (Å²) in [5.41, 5.74) is 2.94. The average molecular weight is 490 g/mol. The molecule has 0 spiro atoms. The maximum absolute atomic E-state index is 4.68. The van der Waals surface area contributed by atoms with Crippen LogP contribution in [0.2, 0.25) is 0 Å². The molecule has 0 atom stereocenters. The zero-order chi connectivity index (χ0) is 28.2. The third-order valence-electron chi connectivity index (χ3n) is 3.73. The summed E-state index contributed by atoms with van der Waals surface area (Å²) in [6.07, 6.45) is 0. The first-order chi connectivity index (χ1) is 17.9. The second-order valence-electron chi connectivity index (χ2n) is 5.40. The van der Waals surface area contributed by atoms with Gasteiger partial charge in [0.2, 0.25) is 0 Å². The van der Waals surface area contributed by atoms with E-state index in [9.17, 15) is 0 Å². The predicted octanol–water partition coefficient (Wildman–Crippen LogP) is 11.0. The molecule has 0 amide bonds. The Morgan fingerprint density at radius 3 is 0.611 bits per heavy atom. The molecule has 0 radical (unpaired) electrons. The first-order valence-corrected chi connectivity index (χ1v) is 13.8. The Morgan fingerprint density at radius 2 is 0.444 bits per heavy atom. The fourth-order valence-electron chi connectivity index (χ4n) is 2.52. The third-order valence-corrected chi connectivity index (χ3v) is 3.73. The molecule has 0 aliphatic heterocycles. The average Bonchev–Trinajstić information content (AvgIpc) is 3.04. The summed E-state index contributed by atoms with van der Waals surface area (Å²) in [7, 11) is 0. The van der Waals surface area contributed by atoms with E-state index >= 15 is 0 Å². The highest BCUT2D eigenvalue weighted by atomic mass is 15.0. The second kappa shape index (κ2) is 27.9. The van der Waals surface area contributed by atoms with E-state index in [0.717, 1.165) is 16.7 Å². The molecule has 0 N–H and O–H groups in total. The summed E-state index contributed by atoms with van der Waals surface area (Å²) in [5.74, 6) is 2.05. The zero-order valence-corrected chi connectivity index (χ0v) is 25.0. The van der Waals surface area contributed by atoms with Crippen LogP contribution < -0.4 is 0 Å². The molecule has 3 nitrogen and oxygen atoms in total. The molecule has 36 heavy (non-hydrogen) atoms. The smallest absolute Gasteiger partial charge is 0.164 e. The highest BCUT2D eigenvalue weighted by Crippen LogP contribution is 2.24. The Morgan fingerprint density at radius 1 is 0.278 bits per heavy atom. The largest absolute Gasteiger partial charge is 0.208 e. The summed E-state index contributed by atoms with van der Waals surface area (Å²) < 4.78 is 0. The molecule has 0 aliphatic carbocycles. The van der Waals surface area contributed by atoms with Crippen LogP contribution in [0.1, 0.15) is 83.1 Å². The van der Waals surface area contributed by atoms with Gasteiger partial charge < -0.3 is 0 Å². The van der Waals surface area contributed by atoms with Crippen molar-refractivity contribution in [2.45, 2.75) is 83.1 Å². The number of benzene rings is 3. The minimum absolute atomic E-state index is 0.684. The van der Waals surface area contributed by atoms with E-state index < -0.39 is 0 Å². The van der Waals surface area contributed by atoms with Crippen molar-refractivity contribution in [3.05, 3.63) is 91.0 Å². The van der Waals surface area contributed by atoms with Gasteiger partial charge in [-0.3, -0.25) is 0 Å². The number of nitrogens with zero attached hydrogens (tertiary/aromatic N) is 3. The van der Waals surface area contributed by atoms with Crippen LogP contribution >= 0.6 is 0 Å². The molecule has 0 fully saturated rings. The van der Waals surface area contributed by atoms with E-state index in [2.05, 4.69) is 15.0 Å². The Balaban J connectivity index is -0.000000801. The standard InChI is InChI=1S/C21H15N3.6C2H6/c1-4-10-16(11-5-1)19-22-20(17-12-6-2-7-13-17)24-21(23-19)18-14-8-3-9-15-18;6*1-2/h1-15H;6*1-2H3. The number of hydrogen-bond acceptors (Lipinski definition) is 3. The van der Waals surface area contributed by atoms with Crippen LogP contribution in [0.25, 0.3) is 34.2 Å². The van der Waals surface area contributed by atoms with Crippen LogP contribution in [0.5, 0.6) is 0 Å². The molecule has 3 heteroatoms. The number of rotatable bonds is 3. The maximum Gasteiger partial charge on any atom is 0.164 e. The van der Waals surface area contributed by atoms with Crippen molar-refractivity contribution in [1.82, 2.24) is 15.0 Å². The normalized spacial score (nSPS) is 8.00. The first kappa shape index (κ1) is 37.2. The van der Waals surface area contributed by atoms with Crippen molar-refractivity contribution >= 4 is 0 Å². The van der Waals surface area contributed by atoms with Crippen LogP contribution in [0.15, 0.2) is 91.0 Å². The Bertz CT molecular complexity index is 799. The van der Waals surface area contributed by atoms with Gasteiger partial charge in [0.15, 0.2) is 17.5 Å². The predicted molar refractivity (Wildman–Crippen MR) is 164 cm³/mol. The minimum atomic E-state index is 0.684. The van der Waals surface area contributed by atoms with Gasteiger partial charge in [0.1, 0.15) is 0 Å². The third kappa shape index (κ3) is 13.5. The second-order valence-corrected chi connectivity index (χ2v) is 5.40. The molecule has 3 aromatic carbocycles. The summed E-state index contributed by atoms with van der Waals surface area (Å²) in [6.45, 7) is 24.0. The van der Waals surface area contributed by atoms with Crippen LogP contribution in [-0.2, 0) is 0 Å². The highest BCUT2D eigenvalue weighted by Gasteiger charge is 2.11. The zero-order valence-electron chi connectivity index (χ0n) is 25.0. The summed E-state index contributed by atoms with van der Waals surface area (Å²) in [6, 6.07) is 30.0. The van der Waals surface area contributed by atoms with E-state index in [4.69, 9.17) is 0 Å². The van der Waals surface area contributed by atoms with Gasteiger partial charge in [-0.05, 0) is 0 Å². The van der Waals surface area contributed by atoms with E-state index in [-0.39, 0.29) is 0 Å². The van der Waals surface area contributed by atoms with Crippen molar-refractivity contribution in [1.29, 1.82) is 0 Å². The van der Waals surface area contributed by atoms with Crippen molar-refractivity contribution in [2.75, 3.05) is 0 Å². The summed E-state index contributed by atoms with van der Waals surface area (Å²) in [5, 5.41) is 0. The lowest BCUT2D eigenvalue weighted by atomic mass is 10.1. The van der Waals surface area contributed by atoms with E-state index in [1.807, 2.05) is 174 Å².